The van der Waals surface area contributed by atoms with Crippen LogP contribution in [0.15, 0.2) is 54.6 Å². The Kier molecular flexibility index (Phi) is 4.16. The summed E-state index contributed by atoms with van der Waals surface area (Å²) in [6.07, 6.45) is 0. The van der Waals surface area contributed by atoms with Gasteiger partial charge in [0.05, 0.1) is 5.56 Å². The number of rotatable bonds is 3. The first-order valence-electron chi connectivity index (χ1n) is 7.37. The predicted octanol–water partition coefficient (Wildman–Crippen LogP) is 4.10. The topological polar surface area (TPSA) is 40.5 Å². The maximum Gasteiger partial charge on any atom is 0.257 e. The van der Waals surface area contributed by atoms with Crippen LogP contribution < -0.4 is 0 Å². The zero-order chi connectivity index (χ0) is 17.3. The van der Waals surface area contributed by atoms with Gasteiger partial charge in [0.2, 0.25) is 0 Å². The number of hydrogen-bond donors (Lipinski definition) is 1. The fourth-order valence-corrected chi connectivity index (χ4v) is 2.59. The summed E-state index contributed by atoms with van der Waals surface area (Å²) in [6.45, 7) is 0.0995. The first-order chi connectivity index (χ1) is 11.5. The molecule has 0 bridgehead atoms. The van der Waals surface area contributed by atoms with Crippen molar-refractivity contribution in [3.63, 3.8) is 0 Å². The van der Waals surface area contributed by atoms with Gasteiger partial charge in [0.25, 0.3) is 5.91 Å². The molecule has 0 saturated heterocycles. The Hall–Kier alpha value is -2.95. The molecule has 3 nitrogen and oxygen atoms in total. The summed E-state index contributed by atoms with van der Waals surface area (Å²) in [5.41, 5.74) is 0.629. The minimum atomic E-state index is -0.957. The molecule has 122 valence electrons. The van der Waals surface area contributed by atoms with Gasteiger partial charge in [-0.1, -0.05) is 30.3 Å². The number of carbonyl (C=O) groups excluding carboxylic acids is 1. The normalized spacial score (nSPS) is 10.8. The van der Waals surface area contributed by atoms with Gasteiger partial charge in [-0.2, -0.15) is 0 Å². The Morgan fingerprint density at radius 1 is 1.00 bits per heavy atom. The number of amides is 1. The molecule has 0 radical (unpaired) electrons. The fraction of sp³-hybridized carbons (Fsp3) is 0.105. The standard InChI is InChI=1S/C19H15F2NO2/c1-22(11-12-6-7-16(20)17(21)8-12)19(24)15-9-13-4-2-3-5-14(13)10-18(15)23/h2-10,23H,11H2,1H3. The molecule has 5 heteroatoms. The van der Waals surface area contributed by atoms with Crippen LogP contribution in [0.5, 0.6) is 5.75 Å². The number of benzene rings is 3. The molecule has 0 heterocycles. The maximum absolute atomic E-state index is 13.3. The number of carbonyl (C=O) groups is 1. The molecule has 0 aromatic heterocycles. The highest BCUT2D eigenvalue weighted by Gasteiger charge is 2.17. The summed E-state index contributed by atoms with van der Waals surface area (Å²) in [5, 5.41) is 11.8. The van der Waals surface area contributed by atoms with Crippen LogP contribution in [0, 0.1) is 11.6 Å². The lowest BCUT2D eigenvalue weighted by atomic mass is 10.0. The second-order valence-corrected chi connectivity index (χ2v) is 5.63. The number of phenols is 1. The number of halogens is 2. The van der Waals surface area contributed by atoms with Gasteiger partial charge in [-0.25, -0.2) is 8.78 Å². The third-order valence-corrected chi connectivity index (χ3v) is 3.84. The molecule has 0 spiro atoms. The molecular weight excluding hydrogens is 312 g/mol. The van der Waals surface area contributed by atoms with Gasteiger partial charge in [-0.15, -0.1) is 0 Å². The third-order valence-electron chi connectivity index (χ3n) is 3.84. The van der Waals surface area contributed by atoms with E-state index in [9.17, 15) is 18.7 Å². The molecule has 0 saturated carbocycles. The summed E-state index contributed by atoms with van der Waals surface area (Å²) in [4.78, 5) is 13.9. The number of fused-ring (bicyclic) bond motifs is 1. The molecule has 3 aromatic carbocycles. The Labute approximate surface area is 137 Å². The quantitative estimate of drug-likeness (QED) is 0.787. The monoisotopic (exact) mass is 327 g/mol. The highest BCUT2D eigenvalue weighted by molar-refractivity contribution is 6.01. The van der Waals surface area contributed by atoms with Crippen molar-refractivity contribution in [2.45, 2.75) is 6.54 Å². The van der Waals surface area contributed by atoms with Crippen molar-refractivity contribution in [3.05, 3.63) is 77.4 Å². The molecule has 0 aliphatic carbocycles. The van der Waals surface area contributed by atoms with Crippen LogP contribution in [0.2, 0.25) is 0 Å². The molecule has 0 fully saturated rings. The van der Waals surface area contributed by atoms with E-state index in [1.54, 1.807) is 6.07 Å². The largest absolute Gasteiger partial charge is 0.507 e. The third kappa shape index (κ3) is 3.06. The Bertz CT molecular complexity index is 924. The maximum atomic E-state index is 13.3. The van der Waals surface area contributed by atoms with E-state index in [4.69, 9.17) is 0 Å². The lowest BCUT2D eigenvalue weighted by Gasteiger charge is -2.18. The molecule has 0 unspecified atom stereocenters. The van der Waals surface area contributed by atoms with Crippen molar-refractivity contribution in [2.24, 2.45) is 0 Å². The van der Waals surface area contributed by atoms with Crippen LogP contribution >= 0.6 is 0 Å². The van der Waals surface area contributed by atoms with Crippen LogP contribution in [0.3, 0.4) is 0 Å². The molecule has 24 heavy (non-hydrogen) atoms. The minimum Gasteiger partial charge on any atom is -0.507 e. The zero-order valence-electron chi connectivity index (χ0n) is 13.0. The van der Waals surface area contributed by atoms with E-state index in [0.29, 0.717) is 5.56 Å². The van der Waals surface area contributed by atoms with Crippen LogP contribution in [0.1, 0.15) is 15.9 Å². The van der Waals surface area contributed by atoms with Crippen LogP contribution in [0.4, 0.5) is 8.78 Å². The van der Waals surface area contributed by atoms with Crippen LogP contribution in [0.25, 0.3) is 10.8 Å². The molecule has 3 aromatic rings. The highest BCUT2D eigenvalue weighted by atomic mass is 19.2. The van der Waals surface area contributed by atoms with Crippen molar-refractivity contribution >= 4 is 16.7 Å². The van der Waals surface area contributed by atoms with E-state index < -0.39 is 17.5 Å². The van der Waals surface area contributed by atoms with E-state index in [2.05, 4.69) is 0 Å². The fourth-order valence-electron chi connectivity index (χ4n) is 2.59. The average Bonchev–Trinajstić information content (AvgIpc) is 2.57. The summed E-state index contributed by atoms with van der Waals surface area (Å²) in [7, 11) is 1.54. The van der Waals surface area contributed by atoms with Gasteiger partial charge in [-0.05, 0) is 40.6 Å². The molecule has 3 rings (SSSR count). The molecule has 1 N–H and O–H groups in total. The molecule has 0 aliphatic rings. The van der Waals surface area contributed by atoms with E-state index in [1.807, 2.05) is 24.3 Å². The second kappa shape index (κ2) is 6.28. The van der Waals surface area contributed by atoms with E-state index in [1.165, 1.54) is 24.1 Å². The summed E-state index contributed by atoms with van der Waals surface area (Å²) >= 11 is 0. The lowest BCUT2D eigenvalue weighted by molar-refractivity contribution is 0.0782. The zero-order valence-corrected chi connectivity index (χ0v) is 13.0. The van der Waals surface area contributed by atoms with Gasteiger partial charge in [0, 0.05) is 13.6 Å². The van der Waals surface area contributed by atoms with Crippen molar-refractivity contribution in [3.8, 4) is 5.75 Å². The van der Waals surface area contributed by atoms with Gasteiger partial charge < -0.3 is 10.0 Å². The highest BCUT2D eigenvalue weighted by Crippen LogP contribution is 2.26. The molecule has 1 amide bonds. The molecule has 0 atom stereocenters. The number of phenolic OH excluding ortho intramolecular Hbond substituents is 1. The summed E-state index contributed by atoms with van der Waals surface area (Å²) < 4.78 is 26.2. The molecule has 0 aliphatic heterocycles. The van der Waals surface area contributed by atoms with Crippen molar-refractivity contribution < 1.29 is 18.7 Å². The van der Waals surface area contributed by atoms with Crippen LogP contribution in [-0.4, -0.2) is 23.0 Å². The Morgan fingerprint density at radius 3 is 2.33 bits per heavy atom. The Balaban J connectivity index is 1.87. The second-order valence-electron chi connectivity index (χ2n) is 5.63. The van der Waals surface area contributed by atoms with Gasteiger partial charge in [0.15, 0.2) is 11.6 Å². The number of aromatic hydroxyl groups is 1. The molecular formula is C19H15F2NO2. The summed E-state index contributed by atoms with van der Waals surface area (Å²) in [5.74, 6) is -2.40. The van der Waals surface area contributed by atoms with E-state index in [0.717, 1.165) is 22.9 Å². The smallest absolute Gasteiger partial charge is 0.257 e. The van der Waals surface area contributed by atoms with Crippen molar-refractivity contribution in [1.29, 1.82) is 0 Å². The SMILES string of the molecule is CN(Cc1ccc(F)c(F)c1)C(=O)c1cc2ccccc2cc1O. The van der Waals surface area contributed by atoms with E-state index >= 15 is 0 Å². The first kappa shape index (κ1) is 15.9. The van der Waals surface area contributed by atoms with Crippen molar-refractivity contribution in [2.75, 3.05) is 7.05 Å². The van der Waals surface area contributed by atoms with Crippen molar-refractivity contribution in [1.82, 2.24) is 4.90 Å². The van der Waals surface area contributed by atoms with Crippen LogP contribution in [-0.2, 0) is 6.54 Å². The van der Waals surface area contributed by atoms with E-state index in [-0.39, 0.29) is 17.9 Å². The predicted molar refractivity (Wildman–Crippen MR) is 87.8 cm³/mol. The Morgan fingerprint density at radius 2 is 1.67 bits per heavy atom. The lowest BCUT2D eigenvalue weighted by Crippen LogP contribution is -2.26. The van der Waals surface area contributed by atoms with Gasteiger partial charge in [0.1, 0.15) is 5.75 Å². The van der Waals surface area contributed by atoms with Gasteiger partial charge >= 0.3 is 0 Å². The minimum absolute atomic E-state index is 0.0995. The number of nitrogens with zero attached hydrogens (tertiary/aromatic N) is 1. The summed E-state index contributed by atoms with van der Waals surface area (Å²) in [6, 6.07) is 14.0. The number of hydrogen-bond acceptors (Lipinski definition) is 2. The first-order valence-corrected chi connectivity index (χ1v) is 7.37. The average molecular weight is 327 g/mol. The van der Waals surface area contributed by atoms with Gasteiger partial charge in [-0.3, -0.25) is 4.79 Å².